The van der Waals surface area contributed by atoms with Gasteiger partial charge in [-0.15, -0.1) is 0 Å². The van der Waals surface area contributed by atoms with E-state index >= 15 is 0 Å². The van der Waals surface area contributed by atoms with E-state index in [1.54, 1.807) is 0 Å². The van der Waals surface area contributed by atoms with Crippen LogP contribution in [0, 0.1) is 5.41 Å². The first-order chi connectivity index (χ1) is 10.7. The fourth-order valence-corrected chi connectivity index (χ4v) is 1.98. The number of rotatable bonds is 9. The van der Waals surface area contributed by atoms with Crippen molar-refractivity contribution < 1.29 is 4.79 Å². The van der Waals surface area contributed by atoms with Gasteiger partial charge < -0.3 is 26.8 Å². The number of carbonyl (C=O) groups is 1. The average Bonchev–Trinajstić information content (AvgIpc) is 2.92. The molecule has 0 fully saturated rings. The zero-order chi connectivity index (χ0) is 15.8. The van der Waals surface area contributed by atoms with Crippen LogP contribution < -0.4 is 16.4 Å². The number of hydrogen-bond donors (Lipinski definition) is 5. The third-order valence-electron chi connectivity index (χ3n) is 3.12. The maximum Gasteiger partial charge on any atom is 0.251 e. The van der Waals surface area contributed by atoms with Crippen molar-refractivity contribution in [1.29, 1.82) is 5.41 Å². The van der Waals surface area contributed by atoms with E-state index in [2.05, 4.69) is 20.6 Å². The summed E-state index contributed by atoms with van der Waals surface area (Å²) in [5, 5.41) is 13.2. The highest BCUT2D eigenvalue weighted by atomic mass is 16.1. The molecule has 0 saturated heterocycles. The first-order valence-corrected chi connectivity index (χ1v) is 7.09. The summed E-state index contributed by atoms with van der Waals surface area (Å²) in [5.41, 5.74) is 7.27. The van der Waals surface area contributed by atoms with Crippen LogP contribution in [0.2, 0.25) is 0 Å². The van der Waals surface area contributed by atoms with Gasteiger partial charge in [-0.05, 0) is 12.1 Å². The molecular formula is C15H20N6O. The van der Waals surface area contributed by atoms with Gasteiger partial charge in [0.2, 0.25) is 0 Å². The maximum absolute atomic E-state index is 10.9. The molecule has 1 heterocycles. The molecule has 1 amide bonds. The molecule has 0 radical (unpaired) electrons. The van der Waals surface area contributed by atoms with E-state index in [-0.39, 0.29) is 5.57 Å². The van der Waals surface area contributed by atoms with Crippen LogP contribution in [-0.2, 0) is 11.2 Å². The number of fused-ring (bicyclic) bond motifs is 1. The maximum atomic E-state index is 10.9. The Kier molecular flexibility index (Phi) is 5.67. The fraction of sp³-hybridized carbons (Fsp3) is 0.267. The Morgan fingerprint density at radius 3 is 2.86 bits per heavy atom. The first-order valence-electron chi connectivity index (χ1n) is 7.09. The molecule has 1 aromatic heterocycles. The van der Waals surface area contributed by atoms with Gasteiger partial charge >= 0.3 is 0 Å². The van der Waals surface area contributed by atoms with E-state index in [1.807, 2.05) is 24.3 Å². The van der Waals surface area contributed by atoms with Gasteiger partial charge in [0, 0.05) is 38.5 Å². The van der Waals surface area contributed by atoms with Crippen molar-refractivity contribution in [3.8, 4) is 0 Å². The number of nitrogens with one attached hydrogen (secondary N) is 4. The minimum Gasteiger partial charge on any atom is -0.389 e. The van der Waals surface area contributed by atoms with Crippen molar-refractivity contribution in [3.63, 3.8) is 0 Å². The normalized spacial score (nSPS) is 11.5. The molecule has 2 aromatic rings. The van der Waals surface area contributed by atoms with Crippen molar-refractivity contribution in [2.24, 2.45) is 5.73 Å². The SMILES string of the molecule is N=C/C(=C\NCCNCCc1nc2ccccc2[nH]1)C(N)=O. The Balaban J connectivity index is 1.65. The van der Waals surface area contributed by atoms with E-state index in [4.69, 9.17) is 11.1 Å². The van der Waals surface area contributed by atoms with E-state index in [0.717, 1.165) is 42.6 Å². The number of nitrogens with zero attached hydrogens (tertiary/aromatic N) is 1. The van der Waals surface area contributed by atoms with Crippen LogP contribution in [0.4, 0.5) is 0 Å². The number of aromatic nitrogens is 2. The van der Waals surface area contributed by atoms with Crippen LogP contribution in [0.3, 0.4) is 0 Å². The molecule has 0 bridgehead atoms. The molecule has 6 N–H and O–H groups in total. The number of para-hydroxylation sites is 2. The standard InChI is InChI=1S/C15H20N6O/c16-9-11(15(17)22)10-19-8-7-18-6-5-14-20-12-3-1-2-4-13(12)21-14/h1-4,9-10,16,18-19H,5-8H2,(H2,17,22)(H,20,21)/b11-10+,16-9?. The van der Waals surface area contributed by atoms with Crippen molar-refractivity contribution >= 4 is 23.2 Å². The Bertz CT molecular complexity index is 642. The van der Waals surface area contributed by atoms with Crippen molar-refractivity contribution in [2.75, 3.05) is 19.6 Å². The van der Waals surface area contributed by atoms with Crippen molar-refractivity contribution in [2.45, 2.75) is 6.42 Å². The van der Waals surface area contributed by atoms with E-state index in [0.29, 0.717) is 6.54 Å². The van der Waals surface area contributed by atoms with Crippen LogP contribution in [0.15, 0.2) is 36.0 Å². The molecule has 0 atom stereocenters. The number of hydrogen-bond acceptors (Lipinski definition) is 5. The summed E-state index contributed by atoms with van der Waals surface area (Å²) in [6, 6.07) is 7.95. The molecule has 7 nitrogen and oxygen atoms in total. The predicted molar refractivity (Wildman–Crippen MR) is 86.7 cm³/mol. The third kappa shape index (κ3) is 4.42. The molecule has 0 aliphatic carbocycles. The number of carbonyl (C=O) groups excluding carboxylic acids is 1. The number of benzene rings is 1. The summed E-state index contributed by atoms with van der Waals surface area (Å²) in [5.74, 6) is 0.349. The number of aromatic amines is 1. The highest BCUT2D eigenvalue weighted by molar-refractivity contribution is 6.10. The highest BCUT2D eigenvalue weighted by Crippen LogP contribution is 2.10. The molecule has 7 heteroatoms. The van der Waals surface area contributed by atoms with Crippen LogP contribution >= 0.6 is 0 Å². The monoisotopic (exact) mass is 300 g/mol. The second-order valence-electron chi connectivity index (χ2n) is 4.76. The second kappa shape index (κ2) is 7.94. The zero-order valence-electron chi connectivity index (χ0n) is 12.2. The molecule has 116 valence electrons. The molecular weight excluding hydrogens is 280 g/mol. The van der Waals surface area contributed by atoms with Gasteiger partial charge in [0.1, 0.15) is 5.82 Å². The molecule has 1 aromatic carbocycles. The number of primary amides is 1. The Labute approximate surface area is 128 Å². The third-order valence-corrected chi connectivity index (χ3v) is 3.12. The van der Waals surface area contributed by atoms with E-state index in [9.17, 15) is 4.79 Å². The van der Waals surface area contributed by atoms with Gasteiger partial charge in [0.15, 0.2) is 0 Å². The molecule has 2 rings (SSSR count). The predicted octanol–water partition coefficient (Wildman–Crippen LogP) is 0.303. The molecule has 0 aliphatic rings. The lowest BCUT2D eigenvalue weighted by atomic mass is 10.3. The minimum atomic E-state index is -0.611. The van der Waals surface area contributed by atoms with Crippen molar-refractivity contribution in [3.05, 3.63) is 41.9 Å². The van der Waals surface area contributed by atoms with Crippen molar-refractivity contribution in [1.82, 2.24) is 20.6 Å². The average molecular weight is 300 g/mol. The van der Waals surface area contributed by atoms with Gasteiger partial charge in [0.05, 0.1) is 16.6 Å². The van der Waals surface area contributed by atoms with Gasteiger partial charge in [-0.25, -0.2) is 4.98 Å². The molecule has 0 aliphatic heterocycles. The Hall–Kier alpha value is -2.67. The van der Waals surface area contributed by atoms with Gasteiger partial charge in [-0.2, -0.15) is 0 Å². The summed E-state index contributed by atoms with van der Waals surface area (Å²) >= 11 is 0. The van der Waals surface area contributed by atoms with Crippen LogP contribution in [-0.4, -0.2) is 41.7 Å². The van der Waals surface area contributed by atoms with Crippen LogP contribution in [0.25, 0.3) is 11.0 Å². The topological polar surface area (TPSA) is 120 Å². The Morgan fingerprint density at radius 2 is 2.14 bits per heavy atom. The number of amides is 1. The first kappa shape index (κ1) is 15.7. The summed E-state index contributed by atoms with van der Waals surface area (Å²) in [7, 11) is 0. The lowest BCUT2D eigenvalue weighted by molar-refractivity contribution is -0.114. The fourth-order valence-electron chi connectivity index (χ4n) is 1.98. The molecule has 0 spiro atoms. The second-order valence-corrected chi connectivity index (χ2v) is 4.76. The highest BCUT2D eigenvalue weighted by Gasteiger charge is 2.01. The van der Waals surface area contributed by atoms with Crippen LogP contribution in [0.5, 0.6) is 0 Å². The van der Waals surface area contributed by atoms with Gasteiger partial charge in [0.25, 0.3) is 5.91 Å². The number of imidazole rings is 1. The summed E-state index contributed by atoms with van der Waals surface area (Å²) in [4.78, 5) is 18.6. The van der Waals surface area contributed by atoms with E-state index in [1.165, 1.54) is 6.20 Å². The zero-order valence-corrected chi connectivity index (χ0v) is 12.2. The smallest absolute Gasteiger partial charge is 0.251 e. The quantitative estimate of drug-likeness (QED) is 0.260. The summed E-state index contributed by atoms with van der Waals surface area (Å²) < 4.78 is 0. The Morgan fingerprint density at radius 1 is 1.32 bits per heavy atom. The number of nitrogens with two attached hydrogens (primary N) is 1. The minimum absolute atomic E-state index is 0.155. The molecule has 0 saturated carbocycles. The molecule has 0 unspecified atom stereocenters. The van der Waals surface area contributed by atoms with Crippen LogP contribution in [0.1, 0.15) is 5.82 Å². The van der Waals surface area contributed by atoms with Gasteiger partial charge in [-0.3, -0.25) is 4.79 Å². The lowest BCUT2D eigenvalue weighted by Gasteiger charge is -2.04. The summed E-state index contributed by atoms with van der Waals surface area (Å²) in [6.45, 7) is 2.18. The largest absolute Gasteiger partial charge is 0.389 e. The molecule has 22 heavy (non-hydrogen) atoms. The van der Waals surface area contributed by atoms with Gasteiger partial charge in [-0.1, -0.05) is 12.1 Å². The summed E-state index contributed by atoms with van der Waals surface area (Å²) in [6.07, 6.45) is 3.21. The lowest BCUT2D eigenvalue weighted by Crippen LogP contribution is -2.27. The van der Waals surface area contributed by atoms with E-state index < -0.39 is 5.91 Å². The number of H-pyrrole nitrogens is 1.